The van der Waals surface area contributed by atoms with Gasteiger partial charge in [0.2, 0.25) is 0 Å². The molecule has 0 saturated carbocycles. The molecule has 2 N–H and O–H groups in total. The molecule has 0 fully saturated rings. The van der Waals surface area contributed by atoms with Crippen LogP contribution < -0.4 is 10.6 Å². The molecule has 0 saturated heterocycles. The Balaban J connectivity index is 3.79. The van der Waals surface area contributed by atoms with Crippen molar-refractivity contribution >= 4 is 17.9 Å². The Kier molecular flexibility index (Phi) is 9.28. The van der Waals surface area contributed by atoms with E-state index in [2.05, 4.69) is 23.8 Å². The van der Waals surface area contributed by atoms with Crippen LogP contribution in [0.3, 0.4) is 0 Å². The molecule has 1 amide bonds. The van der Waals surface area contributed by atoms with Crippen LogP contribution in [0.2, 0.25) is 0 Å². The Hall–Kier alpha value is -0.420. The first kappa shape index (κ1) is 17.6. The second-order valence-electron chi connectivity index (χ2n) is 5.30. The Labute approximate surface area is 116 Å². The SMILES string of the molecule is CCC(CNCCCSC)NC(=O)OC(C)(C)C. The summed E-state index contributed by atoms with van der Waals surface area (Å²) in [7, 11) is 0. The largest absolute Gasteiger partial charge is 0.444 e. The summed E-state index contributed by atoms with van der Waals surface area (Å²) < 4.78 is 5.23. The topological polar surface area (TPSA) is 50.4 Å². The van der Waals surface area contributed by atoms with Crippen LogP contribution in [0.5, 0.6) is 0 Å². The number of carbonyl (C=O) groups excluding carboxylic acids is 1. The summed E-state index contributed by atoms with van der Waals surface area (Å²) in [6, 6.07) is 0.133. The number of ether oxygens (including phenoxy) is 1. The molecule has 0 aliphatic carbocycles. The third kappa shape index (κ3) is 10.7. The van der Waals surface area contributed by atoms with Gasteiger partial charge in [-0.25, -0.2) is 4.79 Å². The molecule has 0 bridgehead atoms. The van der Waals surface area contributed by atoms with E-state index in [1.54, 1.807) is 0 Å². The van der Waals surface area contributed by atoms with Crippen LogP contribution in [0, 0.1) is 0 Å². The zero-order valence-electron chi connectivity index (χ0n) is 12.3. The Morgan fingerprint density at radius 1 is 1.39 bits per heavy atom. The standard InChI is InChI=1S/C13H28N2O2S/c1-6-11(10-14-8-7-9-18-5)15-12(16)17-13(2,3)4/h11,14H,6-10H2,1-5H3,(H,15,16). The lowest BCUT2D eigenvalue weighted by Crippen LogP contribution is -2.44. The molecular weight excluding hydrogens is 248 g/mol. The average molecular weight is 276 g/mol. The molecule has 4 nitrogen and oxygen atoms in total. The van der Waals surface area contributed by atoms with Crippen molar-refractivity contribution in [3.8, 4) is 0 Å². The number of nitrogens with one attached hydrogen (secondary N) is 2. The fraction of sp³-hybridized carbons (Fsp3) is 0.923. The zero-order valence-corrected chi connectivity index (χ0v) is 13.2. The lowest BCUT2D eigenvalue weighted by Gasteiger charge is -2.23. The average Bonchev–Trinajstić information content (AvgIpc) is 2.24. The van der Waals surface area contributed by atoms with Gasteiger partial charge < -0.3 is 15.4 Å². The molecule has 0 aromatic carbocycles. The van der Waals surface area contributed by atoms with Crippen LogP contribution in [0.15, 0.2) is 0 Å². The first-order valence-electron chi connectivity index (χ1n) is 6.58. The predicted octanol–water partition coefficient (Wildman–Crippen LogP) is 2.63. The minimum absolute atomic E-state index is 0.133. The van der Waals surface area contributed by atoms with E-state index in [9.17, 15) is 4.79 Å². The summed E-state index contributed by atoms with van der Waals surface area (Å²) in [5.41, 5.74) is -0.436. The van der Waals surface area contributed by atoms with E-state index in [0.29, 0.717) is 0 Å². The van der Waals surface area contributed by atoms with E-state index in [0.717, 1.165) is 25.9 Å². The Bertz CT molecular complexity index is 230. The Morgan fingerprint density at radius 3 is 2.56 bits per heavy atom. The van der Waals surface area contributed by atoms with Crippen molar-refractivity contribution in [3.05, 3.63) is 0 Å². The fourth-order valence-electron chi connectivity index (χ4n) is 1.39. The molecule has 5 heteroatoms. The summed E-state index contributed by atoms with van der Waals surface area (Å²) in [6.45, 7) is 9.46. The summed E-state index contributed by atoms with van der Waals surface area (Å²) in [6.07, 6.45) is 3.83. The highest BCUT2D eigenvalue weighted by Gasteiger charge is 2.18. The van der Waals surface area contributed by atoms with Crippen molar-refractivity contribution in [2.45, 2.75) is 52.2 Å². The number of thioether (sulfide) groups is 1. The van der Waals surface area contributed by atoms with Crippen LogP contribution in [0.4, 0.5) is 4.79 Å². The number of hydrogen-bond donors (Lipinski definition) is 2. The lowest BCUT2D eigenvalue weighted by molar-refractivity contribution is 0.0502. The lowest BCUT2D eigenvalue weighted by atomic mass is 10.2. The molecule has 0 aromatic heterocycles. The maximum Gasteiger partial charge on any atom is 0.407 e. The van der Waals surface area contributed by atoms with Gasteiger partial charge in [-0.05, 0) is 52.2 Å². The second kappa shape index (κ2) is 9.50. The zero-order chi connectivity index (χ0) is 14.0. The van der Waals surface area contributed by atoms with Gasteiger partial charge in [0.05, 0.1) is 0 Å². The molecule has 18 heavy (non-hydrogen) atoms. The van der Waals surface area contributed by atoms with Crippen LogP contribution >= 0.6 is 11.8 Å². The Morgan fingerprint density at radius 2 is 2.06 bits per heavy atom. The third-order valence-corrected chi connectivity index (χ3v) is 3.00. The van der Waals surface area contributed by atoms with Gasteiger partial charge in [-0.15, -0.1) is 0 Å². The fourth-order valence-corrected chi connectivity index (χ4v) is 1.82. The van der Waals surface area contributed by atoms with E-state index in [4.69, 9.17) is 4.74 Å². The second-order valence-corrected chi connectivity index (χ2v) is 6.29. The number of rotatable bonds is 8. The van der Waals surface area contributed by atoms with E-state index >= 15 is 0 Å². The van der Waals surface area contributed by atoms with Crippen molar-refractivity contribution in [1.29, 1.82) is 0 Å². The van der Waals surface area contributed by atoms with E-state index < -0.39 is 5.60 Å². The molecule has 108 valence electrons. The van der Waals surface area contributed by atoms with Gasteiger partial charge in [-0.2, -0.15) is 11.8 Å². The van der Waals surface area contributed by atoms with Crippen molar-refractivity contribution in [1.82, 2.24) is 10.6 Å². The number of hydrogen-bond acceptors (Lipinski definition) is 4. The van der Waals surface area contributed by atoms with Gasteiger partial charge >= 0.3 is 6.09 Å². The number of alkyl carbamates (subject to hydrolysis) is 1. The summed E-state index contributed by atoms with van der Waals surface area (Å²) in [5.74, 6) is 1.17. The maximum atomic E-state index is 11.6. The molecule has 0 rings (SSSR count). The number of amides is 1. The number of carbonyl (C=O) groups is 1. The van der Waals surface area contributed by atoms with Gasteiger partial charge in [0, 0.05) is 12.6 Å². The van der Waals surface area contributed by atoms with E-state index in [-0.39, 0.29) is 12.1 Å². The smallest absolute Gasteiger partial charge is 0.407 e. The molecule has 0 radical (unpaired) electrons. The van der Waals surface area contributed by atoms with Crippen LogP contribution in [0.1, 0.15) is 40.5 Å². The highest BCUT2D eigenvalue weighted by Crippen LogP contribution is 2.07. The van der Waals surface area contributed by atoms with Crippen molar-refractivity contribution in [3.63, 3.8) is 0 Å². The quantitative estimate of drug-likeness (QED) is 0.669. The minimum atomic E-state index is -0.436. The van der Waals surface area contributed by atoms with E-state index in [1.165, 1.54) is 5.75 Å². The summed E-state index contributed by atoms with van der Waals surface area (Å²) in [4.78, 5) is 11.6. The van der Waals surface area contributed by atoms with Crippen LogP contribution in [-0.4, -0.2) is 42.8 Å². The van der Waals surface area contributed by atoms with Gasteiger partial charge in [-0.3, -0.25) is 0 Å². The molecule has 1 atom stereocenters. The van der Waals surface area contributed by atoms with Crippen LogP contribution in [-0.2, 0) is 4.74 Å². The summed E-state index contributed by atoms with van der Waals surface area (Å²) >= 11 is 1.85. The molecule has 0 aliphatic rings. The summed E-state index contributed by atoms with van der Waals surface area (Å²) in [5, 5.41) is 6.24. The normalized spacial score (nSPS) is 13.2. The predicted molar refractivity (Wildman–Crippen MR) is 79.3 cm³/mol. The van der Waals surface area contributed by atoms with Gasteiger partial charge in [0.15, 0.2) is 0 Å². The van der Waals surface area contributed by atoms with Crippen molar-refractivity contribution < 1.29 is 9.53 Å². The molecule has 0 heterocycles. The first-order valence-corrected chi connectivity index (χ1v) is 7.97. The van der Waals surface area contributed by atoms with Crippen molar-refractivity contribution in [2.24, 2.45) is 0 Å². The molecular formula is C13H28N2O2S. The third-order valence-electron chi connectivity index (χ3n) is 2.31. The van der Waals surface area contributed by atoms with Gasteiger partial charge in [0.1, 0.15) is 5.60 Å². The van der Waals surface area contributed by atoms with Crippen LogP contribution in [0.25, 0.3) is 0 Å². The van der Waals surface area contributed by atoms with Crippen molar-refractivity contribution in [2.75, 3.05) is 25.1 Å². The van der Waals surface area contributed by atoms with Gasteiger partial charge in [-0.1, -0.05) is 6.92 Å². The molecule has 0 spiro atoms. The molecule has 0 aliphatic heterocycles. The van der Waals surface area contributed by atoms with E-state index in [1.807, 2.05) is 32.5 Å². The monoisotopic (exact) mass is 276 g/mol. The highest BCUT2D eigenvalue weighted by molar-refractivity contribution is 7.98. The maximum absolute atomic E-state index is 11.6. The minimum Gasteiger partial charge on any atom is -0.444 e. The molecule has 0 aromatic rings. The highest BCUT2D eigenvalue weighted by atomic mass is 32.2. The molecule has 1 unspecified atom stereocenters. The van der Waals surface area contributed by atoms with Gasteiger partial charge in [0.25, 0.3) is 0 Å². The first-order chi connectivity index (χ1) is 8.39.